The molecule has 0 unspecified atom stereocenters. The van der Waals surface area contributed by atoms with E-state index in [2.05, 4.69) is 29.0 Å². The zero-order valence-corrected chi connectivity index (χ0v) is 11.6. The summed E-state index contributed by atoms with van der Waals surface area (Å²) in [5.74, 6) is 0.493. The van der Waals surface area contributed by atoms with E-state index in [1.807, 2.05) is 41.0 Å². The summed E-state index contributed by atoms with van der Waals surface area (Å²) in [4.78, 5) is 8.86. The summed E-state index contributed by atoms with van der Waals surface area (Å²) in [6.45, 7) is 2.07. The van der Waals surface area contributed by atoms with Gasteiger partial charge in [-0.25, -0.2) is 4.98 Å². The molecule has 0 spiro atoms. The van der Waals surface area contributed by atoms with Gasteiger partial charge in [0.05, 0.1) is 22.2 Å². The van der Waals surface area contributed by atoms with Gasteiger partial charge in [-0.05, 0) is 48.9 Å². The maximum absolute atomic E-state index is 6.16. The van der Waals surface area contributed by atoms with Gasteiger partial charge >= 0.3 is 0 Å². The lowest BCUT2D eigenvalue weighted by atomic mass is 10.1. The van der Waals surface area contributed by atoms with Crippen LogP contribution in [0.3, 0.4) is 0 Å². The number of benzene rings is 2. The van der Waals surface area contributed by atoms with E-state index in [9.17, 15) is 0 Å². The fourth-order valence-electron chi connectivity index (χ4n) is 2.74. The highest BCUT2D eigenvalue weighted by Gasteiger charge is 2.12. The zero-order valence-electron chi connectivity index (χ0n) is 11.6. The van der Waals surface area contributed by atoms with Crippen molar-refractivity contribution in [2.24, 2.45) is 0 Å². The van der Waals surface area contributed by atoms with Gasteiger partial charge in [0, 0.05) is 11.6 Å². The maximum Gasteiger partial charge on any atom is 0.205 e. The van der Waals surface area contributed by atoms with Gasteiger partial charge in [0.2, 0.25) is 5.95 Å². The van der Waals surface area contributed by atoms with Crippen LogP contribution >= 0.6 is 0 Å². The molecule has 0 aliphatic rings. The van der Waals surface area contributed by atoms with Crippen LogP contribution in [0.4, 0.5) is 5.95 Å². The Morgan fingerprint density at radius 2 is 1.90 bits per heavy atom. The van der Waals surface area contributed by atoms with Crippen molar-refractivity contribution in [3.8, 4) is 5.69 Å². The number of pyridine rings is 1. The highest BCUT2D eigenvalue weighted by atomic mass is 15.2. The number of aromatic nitrogens is 3. The Kier molecular flexibility index (Phi) is 2.44. The number of fused-ring (bicyclic) bond motifs is 2. The first-order valence-electron chi connectivity index (χ1n) is 6.83. The van der Waals surface area contributed by atoms with E-state index >= 15 is 0 Å². The van der Waals surface area contributed by atoms with Gasteiger partial charge in [-0.15, -0.1) is 0 Å². The Balaban J connectivity index is 2.14. The summed E-state index contributed by atoms with van der Waals surface area (Å²) < 4.78 is 1.99. The summed E-state index contributed by atoms with van der Waals surface area (Å²) >= 11 is 0. The molecule has 0 bridgehead atoms. The second-order valence-corrected chi connectivity index (χ2v) is 5.14. The van der Waals surface area contributed by atoms with E-state index in [-0.39, 0.29) is 0 Å². The third kappa shape index (κ3) is 1.76. The first-order valence-corrected chi connectivity index (χ1v) is 6.83. The molecule has 21 heavy (non-hydrogen) atoms. The maximum atomic E-state index is 6.16. The number of imidazole rings is 1. The third-order valence-electron chi connectivity index (χ3n) is 3.70. The largest absolute Gasteiger partial charge is 0.369 e. The van der Waals surface area contributed by atoms with Crippen molar-refractivity contribution in [2.75, 3.05) is 5.73 Å². The molecule has 4 aromatic rings. The third-order valence-corrected chi connectivity index (χ3v) is 3.70. The first kappa shape index (κ1) is 11.9. The second kappa shape index (κ2) is 4.31. The second-order valence-electron chi connectivity index (χ2n) is 5.14. The van der Waals surface area contributed by atoms with E-state index in [1.54, 1.807) is 6.20 Å². The number of aryl methyl sites for hydroxylation is 1. The quantitative estimate of drug-likeness (QED) is 0.578. The Labute approximate surface area is 121 Å². The van der Waals surface area contributed by atoms with Crippen LogP contribution in [0.5, 0.6) is 0 Å². The van der Waals surface area contributed by atoms with Gasteiger partial charge in [0.1, 0.15) is 0 Å². The average Bonchev–Trinajstić information content (AvgIpc) is 2.82. The van der Waals surface area contributed by atoms with Gasteiger partial charge in [-0.1, -0.05) is 12.1 Å². The minimum atomic E-state index is 0.493. The Morgan fingerprint density at radius 1 is 1.00 bits per heavy atom. The van der Waals surface area contributed by atoms with E-state index < -0.39 is 0 Å². The van der Waals surface area contributed by atoms with Crippen LogP contribution in [-0.2, 0) is 0 Å². The lowest BCUT2D eigenvalue weighted by Crippen LogP contribution is -2.01. The van der Waals surface area contributed by atoms with Gasteiger partial charge < -0.3 is 5.73 Å². The van der Waals surface area contributed by atoms with Crippen LogP contribution in [0.25, 0.3) is 27.6 Å². The van der Waals surface area contributed by atoms with Crippen LogP contribution in [-0.4, -0.2) is 14.5 Å². The van der Waals surface area contributed by atoms with Crippen molar-refractivity contribution >= 4 is 27.9 Å². The highest BCUT2D eigenvalue weighted by molar-refractivity contribution is 5.91. The molecule has 0 saturated heterocycles. The van der Waals surface area contributed by atoms with Gasteiger partial charge in [-0.2, -0.15) is 0 Å². The molecule has 2 aromatic carbocycles. The van der Waals surface area contributed by atoms with Gasteiger partial charge in [-0.3, -0.25) is 9.55 Å². The number of rotatable bonds is 1. The molecule has 0 aliphatic heterocycles. The van der Waals surface area contributed by atoms with Crippen LogP contribution < -0.4 is 5.73 Å². The molecule has 4 rings (SSSR count). The molecule has 102 valence electrons. The van der Waals surface area contributed by atoms with Crippen LogP contribution in [0.1, 0.15) is 5.56 Å². The van der Waals surface area contributed by atoms with Crippen molar-refractivity contribution in [1.29, 1.82) is 0 Å². The number of hydrogen-bond donors (Lipinski definition) is 1. The Morgan fingerprint density at radius 3 is 2.81 bits per heavy atom. The molecule has 4 heteroatoms. The SMILES string of the molecule is Cc1ccc2nc(N)n(-c3cccc4ncccc34)c2c1. The van der Waals surface area contributed by atoms with Crippen LogP contribution in [0, 0.1) is 6.92 Å². The van der Waals surface area contributed by atoms with Gasteiger partial charge in [0.25, 0.3) is 0 Å². The minimum Gasteiger partial charge on any atom is -0.369 e. The monoisotopic (exact) mass is 274 g/mol. The summed E-state index contributed by atoms with van der Waals surface area (Å²) in [5.41, 5.74) is 11.2. The minimum absolute atomic E-state index is 0.493. The number of anilines is 1. The molecule has 0 amide bonds. The normalized spacial score (nSPS) is 11.3. The molecule has 2 N–H and O–H groups in total. The summed E-state index contributed by atoms with van der Waals surface area (Å²) in [6.07, 6.45) is 1.80. The zero-order chi connectivity index (χ0) is 14.4. The molecule has 2 aromatic heterocycles. The lowest BCUT2D eigenvalue weighted by molar-refractivity contribution is 1.12. The standard InChI is InChI=1S/C17H14N4/c1-11-7-8-14-16(10-11)21(17(18)20-14)15-6-2-5-13-12(15)4-3-9-19-13/h2-10H,1H3,(H2,18,20). The number of nitrogen functional groups attached to an aromatic ring is 1. The fourth-order valence-corrected chi connectivity index (χ4v) is 2.74. The lowest BCUT2D eigenvalue weighted by Gasteiger charge is -2.10. The van der Waals surface area contributed by atoms with Gasteiger partial charge in [0.15, 0.2) is 0 Å². The topological polar surface area (TPSA) is 56.7 Å². The average molecular weight is 274 g/mol. The fraction of sp³-hybridized carbons (Fsp3) is 0.0588. The van der Waals surface area contributed by atoms with Crippen molar-refractivity contribution in [3.05, 3.63) is 60.3 Å². The number of nitrogens with zero attached hydrogens (tertiary/aromatic N) is 3. The molecule has 0 saturated carbocycles. The van der Waals surface area contributed by atoms with E-state index in [4.69, 9.17) is 5.73 Å². The van der Waals surface area contributed by atoms with Crippen molar-refractivity contribution in [3.63, 3.8) is 0 Å². The molecule has 4 nitrogen and oxygen atoms in total. The predicted octanol–water partition coefficient (Wildman–Crippen LogP) is 3.46. The van der Waals surface area contributed by atoms with E-state index in [1.165, 1.54) is 5.56 Å². The molecular formula is C17H14N4. The summed E-state index contributed by atoms with van der Waals surface area (Å²) in [5, 5.41) is 1.06. The van der Waals surface area contributed by atoms with Crippen molar-refractivity contribution < 1.29 is 0 Å². The van der Waals surface area contributed by atoms with Crippen molar-refractivity contribution in [1.82, 2.24) is 14.5 Å². The molecule has 0 aliphatic carbocycles. The Bertz CT molecular complexity index is 964. The Hall–Kier alpha value is -2.88. The smallest absolute Gasteiger partial charge is 0.205 e. The molecule has 2 heterocycles. The van der Waals surface area contributed by atoms with E-state index in [0.717, 1.165) is 27.6 Å². The number of hydrogen-bond acceptors (Lipinski definition) is 3. The molecule has 0 fully saturated rings. The highest BCUT2D eigenvalue weighted by Crippen LogP contribution is 2.28. The summed E-state index contributed by atoms with van der Waals surface area (Å²) in [7, 11) is 0. The summed E-state index contributed by atoms with van der Waals surface area (Å²) in [6, 6.07) is 16.2. The van der Waals surface area contributed by atoms with Crippen molar-refractivity contribution in [2.45, 2.75) is 6.92 Å². The predicted molar refractivity (Wildman–Crippen MR) is 85.5 cm³/mol. The molecule has 0 radical (unpaired) electrons. The van der Waals surface area contributed by atoms with Crippen LogP contribution in [0.15, 0.2) is 54.7 Å². The van der Waals surface area contributed by atoms with Crippen LogP contribution in [0.2, 0.25) is 0 Å². The molecular weight excluding hydrogens is 260 g/mol. The van der Waals surface area contributed by atoms with E-state index in [0.29, 0.717) is 5.95 Å². The molecule has 0 atom stereocenters. The first-order chi connectivity index (χ1) is 10.2. The number of nitrogens with two attached hydrogens (primary N) is 1.